The number of rotatable bonds is 3. The Bertz CT molecular complexity index is 799. The lowest BCUT2D eigenvalue weighted by atomic mass is 10.2. The first-order chi connectivity index (χ1) is 11.2. The molecule has 6 heteroatoms. The molecule has 23 heavy (non-hydrogen) atoms. The van der Waals surface area contributed by atoms with Crippen molar-refractivity contribution in [3.8, 4) is 21.3 Å². The molecule has 0 bridgehead atoms. The Labute approximate surface area is 137 Å². The molecule has 5 nitrogen and oxygen atoms in total. The second-order valence-corrected chi connectivity index (χ2v) is 6.79. The van der Waals surface area contributed by atoms with Gasteiger partial charge in [-0.25, -0.2) is 9.97 Å². The Morgan fingerprint density at radius 2 is 1.91 bits per heavy atom. The number of hydrogen-bond acceptors (Lipinski definition) is 5. The first kappa shape index (κ1) is 14.6. The van der Waals surface area contributed by atoms with Crippen LogP contribution >= 0.6 is 11.3 Å². The van der Waals surface area contributed by atoms with E-state index in [1.54, 1.807) is 17.5 Å². The third-order valence-corrected chi connectivity index (χ3v) is 5.36. The van der Waals surface area contributed by atoms with E-state index in [1.807, 2.05) is 47.3 Å². The molecule has 0 radical (unpaired) electrons. The lowest BCUT2D eigenvalue weighted by molar-refractivity contribution is 0.0238. The van der Waals surface area contributed by atoms with Crippen LogP contribution in [0.15, 0.2) is 48.9 Å². The molecule has 2 aromatic heterocycles. The van der Waals surface area contributed by atoms with Crippen molar-refractivity contribution in [2.75, 3.05) is 0 Å². The van der Waals surface area contributed by atoms with Gasteiger partial charge < -0.3 is 14.8 Å². The summed E-state index contributed by atoms with van der Waals surface area (Å²) in [6, 6.07) is 9.90. The Balaban J connectivity index is 1.68. The first-order valence-corrected chi connectivity index (χ1v) is 8.46. The average Bonchev–Trinajstić information content (AvgIpc) is 3.29. The van der Waals surface area contributed by atoms with Crippen LogP contribution in [0.4, 0.5) is 0 Å². The van der Waals surface area contributed by atoms with Gasteiger partial charge in [-0.2, -0.15) is 0 Å². The standard InChI is InChI=1S/C17H17N3O2S/c21-13-7-6-12(15(13)22)20-9-8-18-16(20)14-10-19-17(23-14)11-4-2-1-3-5-11/h1-5,8-10,12-13,15,21-22H,6-7H2/t12-,13-,15-/m1/s1. The van der Waals surface area contributed by atoms with Gasteiger partial charge in [-0.15, -0.1) is 11.3 Å². The monoisotopic (exact) mass is 327 g/mol. The van der Waals surface area contributed by atoms with E-state index in [0.717, 1.165) is 27.7 Å². The molecule has 0 spiro atoms. The molecule has 2 N–H and O–H groups in total. The molecule has 3 aromatic rings. The van der Waals surface area contributed by atoms with Gasteiger partial charge >= 0.3 is 0 Å². The van der Waals surface area contributed by atoms with Crippen LogP contribution in [0.5, 0.6) is 0 Å². The van der Waals surface area contributed by atoms with E-state index in [0.29, 0.717) is 6.42 Å². The molecule has 0 unspecified atom stereocenters. The fourth-order valence-electron chi connectivity index (χ4n) is 3.11. The average molecular weight is 327 g/mol. The lowest BCUT2D eigenvalue weighted by Crippen LogP contribution is -2.27. The smallest absolute Gasteiger partial charge is 0.152 e. The van der Waals surface area contributed by atoms with Gasteiger partial charge in [0.1, 0.15) is 11.1 Å². The van der Waals surface area contributed by atoms with Crippen LogP contribution in [0.1, 0.15) is 18.9 Å². The van der Waals surface area contributed by atoms with Gasteiger partial charge in [0.05, 0.1) is 17.0 Å². The summed E-state index contributed by atoms with van der Waals surface area (Å²) in [5.41, 5.74) is 1.08. The third kappa shape index (κ3) is 2.59. The molecule has 1 aliphatic carbocycles. The third-order valence-electron chi connectivity index (χ3n) is 4.32. The minimum Gasteiger partial charge on any atom is -0.390 e. The van der Waals surface area contributed by atoms with Gasteiger partial charge in [-0.1, -0.05) is 30.3 Å². The maximum absolute atomic E-state index is 10.2. The molecule has 118 valence electrons. The molecule has 1 fully saturated rings. The van der Waals surface area contributed by atoms with Crippen molar-refractivity contribution < 1.29 is 10.2 Å². The van der Waals surface area contributed by atoms with Gasteiger partial charge in [0, 0.05) is 24.2 Å². The normalized spacial score (nSPS) is 24.2. The predicted molar refractivity (Wildman–Crippen MR) is 89.1 cm³/mol. The van der Waals surface area contributed by atoms with Crippen LogP contribution in [0, 0.1) is 0 Å². The lowest BCUT2D eigenvalue weighted by Gasteiger charge is -2.19. The van der Waals surface area contributed by atoms with E-state index in [2.05, 4.69) is 9.97 Å². The zero-order valence-electron chi connectivity index (χ0n) is 12.4. The largest absolute Gasteiger partial charge is 0.390 e. The predicted octanol–water partition coefficient (Wildman–Crippen LogP) is 2.73. The van der Waals surface area contributed by atoms with E-state index >= 15 is 0 Å². The molecule has 0 amide bonds. The number of nitrogens with zero attached hydrogens (tertiary/aromatic N) is 3. The summed E-state index contributed by atoms with van der Waals surface area (Å²) >= 11 is 1.58. The van der Waals surface area contributed by atoms with Crippen LogP contribution in [-0.2, 0) is 0 Å². The Kier molecular flexibility index (Phi) is 3.72. The van der Waals surface area contributed by atoms with Gasteiger partial charge in [0.25, 0.3) is 0 Å². The van der Waals surface area contributed by atoms with E-state index < -0.39 is 12.2 Å². The minimum absolute atomic E-state index is 0.134. The summed E-state index contributed by atoms with van der Waals surface area (Å²) in [6.07, 6.45) is 5.37. The number of thiazole rings is 1. The van der Waals surface area contributed by atoms with Crippen LogP contribution < -0.4 is 0 Å². The van der Waals surface area contributed by atoms with Gasteiger partial charge in [0.15, 0.2) is 5.82 Å². The molecular formula is C17H17N3O2S. The Hall–Kier alpha value is -2.02. The molecule has 1 aromatic carbocycles. The number of aliphatic hydroxyl groups is 2. The second kappa shape index (κ2) is 5.88. The molecular weight excluding hydrogens is 310 g/mol. The van der Waals surface area contributed by atoms with Crippen molar-refractivity contribution >= 4 is 11.3 Å². The quantitative estimate of drug-likeness (QED) is 0.776. The molecule has 0 saturated heterocycles. The second-order valence-electron chi connectivity index (χ2n) is 5.76. The van der Waals surface area contributed by atoms with Crippen molar-refractivity contribution in [3.05, 3.63) is 48.9 Å². The highest BCUT2D eigenvalue weighted by atomic mass is 32.1. The van der Waals surface area contributed by atoms with E-state index in [-0.39, 0.29) is 6.04 Å². The fraction of sp³-hybridized carbons (Fsp3) is 0.294. The van der Waals surface area contributed by atoms with Crippen molar-refractivity contribution in [3.63, 3.8) is 0 Å². The fourth-order valence-corrected chi connectivity index (χ4v) is 4.03. The Morgan fingerprint density at radius 3 is 2.65 bits per heavy atom. The van der Waals surface area contributed by atoms with E-state index in [1.165, 1.54) is 0 Å². The van der Waals surface area contributed by atoms with Crippen molar-refractivity contribution in [1.29, 1.82) is 0 Å². The highest BCUT2D eigenvalue weighted by Crippen LogP contribution is 2.36. The molecule has 1 aliphatic rings. The Morgan fingerprint density at radius 1 is 1.09 bits per heavy atom. The van der Waals surface area contributed by atoms with Crippen molar-refractivity contribution in [2.45, 2.75) is 31.1 Å². The minimum atomic E-state index is -0.746. The summed E-state index contributed by atoms with van der Waals surface area (Å²) in [5, 5.41) is 20.9. The molecule has 4 rings (SSSR count). The number of aromatic nitrogens is 3. The molecule has 3 atom stereocenters. The molecule has 1 saturated carbocycles. The summed E-state index contributed by atoms with van der Waals surface area (Å²) in [4.78, 5) is 9.90. The summed E-state index contributed by atoms with van der Waals surface area (Å²) in [5.74, 6) is 0.794. The highest BCUT2D eigenvalue weighted by Gasteiger charge is 2.35. The number of hydrogen-bond donors (Lipinski definition) is 2. The maximum atomic E-state index is 10.2. The SMILES string of the molecule is O[C@H]1[C@H](O)CC[C@H]1n1ccnc1-c1cnc(-c2ccccc2)s1. The zero-order chi connectivity index (χ0) is 15.8. The van der Waals surface area contributed by atoms with Crippen molar-refractivity contribution in [1.82, 2.24) is 14.5 Å². The zero-order valence-corrected chi connectivity index (χ0v) is 13.2. The van der Waals surface area contributed by atoms with Crippen LogP contribution in [0.2, 0.25) is 0 Å². The van der Waals surface area contributed by atoms with Gasteiger partial charge in [-0.05, 0) is 12.8 Å². The van der Waals surface area contributed by atoms with E-state index in [9.17, 15) is 10.2 Å². The van der Waals surface area contributed by atoms with Gasteiger partial charge in [-0.3, -0.25) is 0 Å². The number of benzene rings is 1. The van der Waals surface area contributed by atoms with Crippen LogP contribution in [-0.4, -0.2) is 37.0 Å². The first-order valence-electron chi connectivity index (χ1n) is 7.64. The molecule has 2 heterocycles. The number of aliphatic hydroxyl groups excluding tert-OH is 2. The topological polar surface area (TPSA) is 71.2 Å². The van der Waals surface area contributed by atoms with E-state index in [4.69, 9.17) is 0 Å². The van der Waals surface area contributed by atoms with Crippen molar-refractivity contribution in [2.24, 2.45) is 0 Å². The molecule has 0 aliphatic heterocycles. The maximum Gasteiger partial charge on any atom is 0.152 e. The number of imidazole rings is 1. The van der Waals surface area contributed by atoms with Gasteiger partial charge in [0.2, 0.25) is 0 Å². The summed E-state index contributed by atoms with van der Waals surface area (Å²) in [6.45, 7) is 0. The van der Waals surface area contributed by atoms with Crippen LogP contribution in [0.3, 0.4) is 0 Å². The highest BCUT2D eigenvalue weighted by molar-refractivity contribution is 7.18. The summed E-state index contributed by atoms with van der Waals surface area (Å²) < 4.78 is 1.96. The summed E-state index contributed by atoms with van der Waals surface area (Å²) in [7, 11) is 0. The van der Waals surface area contributed by atoms with Crippen LogP contribution in [0.25, 0.3) is 21.3 Å².